The fourth-order valence-corrected chi connectivity index (χ4v) is 3.52. The number of piperazine rings is 1. The van der Waals surface area contributed by atoms with Gasteiger partial charge in [-0.2, -0.15) is 5.26 Å². The molecule has 2 amide bonds. The molecule has 2 fully saturated rings. The van der Waals surface area contributed by atoms with E-state index < -0.39 is 5.60 Å². The summed E-state index contributed by atoms with van der Waals surface area (Å²) in [7, 11) is 0. The van der Waals surface area contributed by atoms with Crippen LogP contribution in [0.25, 0.3) is 0 Å². The normalized spacial score (nSPS) is 21.3. The molecule has 1 aromatic rings. The van der Waals surface area contributed by atoms with E-state index in [0.717, 1.165) is 12.1 Å². The van der Waals surface area contributed by atoms with Crippen LogP contribution >= 0.6 is 0 Å². The summed E-state index contributed by atoms with van der Waals surface area (Å²) in [4.78, 5) is 30.7. The van der Waals surface area contributed by atoms with E-state index in [0.29, 0.717) is 38.3 Å². The maximum Gasteiger partial charge on any atom is 0.410 e. The van der Waals surface area contributed by atoms with E-state index in [1.807, 2.05) is 32.9 Å². The monoisotopic (exact) mass is 370 g/mol. The van der Waals surface area contributed by atoms with E-state index in [1.54, 1.807) is 21.9 Å². The summed E-state index contributed by atoms with van der Waals surface area (Å²) in [6.07, 6.45) is 0.477. The second-order valence-corrected chi connectivity index (χ2v) is 7.96. The van der Waals surface area contributed by atoms with Gasteiger partial charge in [0, 0.05) is 38.4 Å². The first kappa shape index (κ1) is 19.2. The van der Waals surface area contributed by atoms with Crippen LogP contribution in [0.4, 0.5) is 10.5 Å². The Balaban J connectivity index is 1.57. The Hall–Kier alpha value is -2.59. The molecule has 0 saturated carbocycles. The Kier molecular flexibility index (Phi) is 5.38. The van der Waals surface area contributed by atoms with Gasteiger partial charge in [0.25, 0.3) is 0 Å². The molecule has 0 radical (unpaired) electrons. The average molecular weight is 370 g/mol. The Bertz CT molecular complexity index is 740. The van der Waals surface area contributed by atoms with Crippen molar-refractivity contribution in [1.29, 1.82) is 5.26 Å². The second-order valence-electron chi connectivity index (χ2n) is 7.96. The lowest BCUT2D eigenvalue weighted by Gasteiger charge is -2.37. The predicted molar refractivity (Wildman–Crippen MR) is 101 cm³/mol. The van der Waals surface area contributed by atoms with Crippen molar-refractivity contribution in [3.8, 4) is 6.07 Å². The van der Waals surface area contributed by atoms with Crippen LogP contribution in [0.5, 0.6) is 0 Å². The molecule has 1 unspecified atom stereocenters. The van der Waals surface area contributed by atoms with Crippen LogP contribution < -0.4 is 4.90 Å². The number of ether oxygens (including phenoxy) is 1. The highest BCUT2D eigenvalue weighted by molar-refractivity contribution is 5.99. The summed E-state index contributed by atoms with van der Waals surface area (Å²) in [6, 6.07) is 9.04. The van der Waals surface area contributed by atoms with Gasteiger partial charge in [-0.15, -0.1) is 0 Å². The summed E-state index contributed by atoms with van der Waals surface area (Å²) < 4.78 is 5.42. The molecule has 2 saturated heterocycles. The Morgan fingerprint density at radius 3 is 2.30 bits per heavy atom. The number of nitrogens with zero attached hydrogens (tertiary/aromatic N) is 4. The Morgan fingerprint density at radius 2 is 1.74 bits per heavy atom. The van der Waals surface area contributed by atoms with Crippen molar-refractivity contribution >= 4 is 17.7 Å². The zero-order valence-corrected chi connectivity index (χ0v) is 16.1. The van der Waals surface area contributed by atoms with Gasteiger partial charge in [-0.3, -0.25) is 9.69 Å². The molecule has 2 aliphatic rings. The molecule has 144 valence electrons. The van der Waals surface area contributed by atoms with Gasteiger partial charge < -0.3 is 14.5 Å². The maximum atomic E-state index is 12.9. The summed E-state index contributed by atoms with van der Waals surface area (Å²) >= 11 is 0. The van der Waals surface area contributed by atoms with Gasteiger partial charge in [-0.25, -0.2) is 4.79 Å². The highest BCUT2D eigenvalue weighted by Crippen LogP contribution is 2.25. The summed E-state index contributed by atoms with van der Waals surface area (Å²) in [5, 5.41) is 8.91. The number of nitriles is 1. The molecule has 2 aliphatic heterocycles. The molecule has 0 aliphatic carbocycles. The topological polar surface area (TPSA) is 76.9 Å². The number of amides is 2. The zero-order valence-electron chi connectivity index (χ0n) is 16.1. The van der Waals surface area contributed by atoms with Gasteiger partial charge >= 0.3 is 6.09 Å². The minimum atomic E-state index is -0.503. The predicted octanol–water partition coefficient (Wildman–Crippen LogP) is 2.22. The molecule has 2 heterocycles. The molecule has 1 atom stereocenters. The molecular weight excluding hydrogens is 344 g/mol. The standard InChI is InChI=1S/C20H26N4O3/c1-20(2,3)27-19(26)23-12-10-22(11-13-23)17-8-9-24(18(17)25)16-6-4-15(14-21)5-7-16/h4-7,17H,8-13H2,1-3H3. The molecular formula is C20H26N4O3. The van der Waals surface area contributed by atoms with Crippen LogP contribution in [-0.2, 0) is 9.53 Å². The fourth-order valence-electron chi connectivity index (χ4n) is 3.52. The van der Waals surface area contributed by atoms with Crippen LogP contribution in [0.2, 0.25) is 0 Å². The molecule has 27 heavy (non-hydrogen) atoms. The molecule has 0 spiro atoms. The summed E-state index contributed by atoms with van der Waals surface area (Å²) in [5.41, 5.74) is 0.908. The van der Waals surface area contributed by atoms with Crippen LogP contribution in [0.3, 0.4) is 0 Å². The highest BCUT2D eigenvalue weighted by Gasteiger charge is 2.38. The molecule has 7 nitrogen and oxygen atoms in total. The lowest BCUT2D eigenvalue weighted by Crippen LogP contribution is -2.54. The number of benzene rings is 1. The van der Waals surface area contributed by atoms with Crippen LogP contribution in [0.1, 0.15) is 32.8 Å². The third-order valence-electron chi connectivity index (χ3n) is 4.89. The summed E-state index contributed by atoms with van der Waals surface area (Å²) in [6.45, 7) is 8.70. The Labute approximate surface area is 160 Å². The number of hydrogen-bond acceptors (Lipinski definition) is 5. The van der Waals surface area contributed by atoms with E-state index in [2.05, 4.69) is 11.0 Å². The van der Waals surface area contributed by atoms with E-state index in [4.69, 9.17) is 10.00 Å². The average Bonchev–Trinajstić information content (AvgIpc) is 3.02. The lowest BCUT2D eigenvalue weighted by atomic mass is 10.1. The van der Waals surface area contributed by atoms with Crippen LogP contribution in [0.15, 0.2) is 24.3 Å². The second kappa shape index (κ2) is 7.57. The van der Waals surface area contributed by atoms with Crippen molar-refractivity contribution < 1.29 is 14.3 Å². The van der Waals surface area contributed by atoms with Crippen LogP contribution in [0, 0.1) is 11.3 Å². The number of anilines is 1. The van der Waals surface area contributed by atoms with E-state index in [-0.39, 0.29) is 18.0 Å². The van der Waals surface area contributed by atoms with E-state index >= 15 is 0 Å². The first-order valence-electron chi connectivity index (χ1n) is 9.32. The molecule has 1 aromatic carbocycles. The maximum absolute atomic E-state index is 12.9. The fraction of sp³-hybridized carbons (Fsp3) is 0.550. The van der Waals surface area contributed by atoms with Crippen molar-refractivity contribution in [3.63, 3.8) is 0 Å². The van der Waals surface area contributed by atoms with Crippen molar-refractivity contribution in [2.45, 2.75) is 38.8 Å². The Morgan fingerprint density at radius 1 is 1.11 bits per heavy atom. The van der Waals surface area contributed by atoms with E-state index in [9.17, 15) is 9.59 Å². The van der Waals surface area contributed by atoms with Gasteiger partial charge in [0.1, 0.15) is 5.60 Å². The smallest absolute Gasteiger partial charge is 0.410 e. The third-order valence-corrected chi connectivity index (χ3v) is 4.89. The van der Waals surface area contributed by atoms with Gasteiger partial charge in [0.2, 0.25) is 5.91 Å². The van der Waals surface area contributed by atoms with Gasteiger partial charge in [-0.1, -0.05) is 0 Å². The number of rotatable bonds is 2. The van der Waals surface area contributed by atoms with Gasteiger partial charge in [0.15, 0.2) is 0 Å². The van der Waals surface area contributed by atoms with Crippen molar-refractivity contribution in [3.05, 3.63) is 29.8 Å². The van der Waals surface area contributed by atoms with Crippen molar-refractivity contribution in [2.24, 2.45) is 0 Å². The molecule has 0 N–H and O–H groups in total. The van der Waals surface area contributed by atoms with Crippen molar-refractivity contribution in [2.75, 3.05) is 37.6 Å². The lowest BCUT2D eigenvalue weighted by molar-refractivity contribution is -0.122. The largest absolute Gasteiger partial charge is 0.444 e. The van der Waals surface area contributed by atoms with Gasteiger partial charge in [-0.05, 0) is 51.5 Å². The van der Waals surface area contributed by atoms with E-state index in [1.165, 1.54) is 0 Å². The number of hydrogen-bond donors (Lipinski definition) is 0. The molecule has 7 heteroatoms. The van der Waals surface area contributed by atoms with Gasteiger partial charge in [0.05, 0.1) is 17.7 Å². The minimum absolute atomic E-state index is 0.0884. The van der Waals surface area contributed by atoms with Crippen LogP contribution in [-0.4, -0.2) is 66.2 Å². The molecule has 3 rings (SSSR count). The highest BCUT2D eigenvalue weighted by atomic mass is 16.6. The zero-order chi connectivity index (χ0) is 19.6. The third kappa shape index (κ3) is 4.40. The number of carbonyl (C=O) groups excluding carboxylic acids is 2. The van der Waals surface area contributed by atoms with Crippen molar-refractivity contribution in [1.82, 2.24) is 9.80 Å². The summed E-state index contributed by atoms with van der Waals surface area (Å²) in [5.74, 6) is 0.0884. The first-order valence-corrected chi connectivity index (χ1v) is 9.32. The minimum Gasteiger partial charge on any atom is -0.444 e. The molecule has 0 bridgehead atoms. The molecule has 0 aromatic heterocycles. The SMILES string of the molecule is CC(C)(C)OC(=O)N1CCN(C2CCN(c3ccc(C#N)cc3)C2=O)CC1. The number of carbonyl (C=O) groups is 2. The quantitative estimate of drug-likeness (QED) is 0.798. The first-order chi connectivity index (χ1) is 12.8.